The Morgan fingerprint density at radius 1 is 1.43 bits per heavy atom. The van der Waals surface area contributed by atoms with Crippen molar-refractivity contribution in [3.8, 4) is 0 Å². The third-order valence-electron chi connectivity index (χ3n) is 1.86. The van der Waals surface area contributed by atoms with Gasteiger partial charge in [0.25, 0.3) is 0 Å². The fourth-order valence-corrected chi connectivity index (χ4v) is 1.73. The maximum atomic E-state index is 10.8. The summed E-state index contributed by atoms with van der Waals surface area (Å²) in [5, 5.41) is 3.22. The predicted molar refractivity (Wildman–Crippen MR) is 51.5 cm³/mol. The summed E-state index contributed by atoms with van der Waals surface area (Å²) < 4.78 is 4.74. The normalized spacial score (nSPS) is 20.4. The number of aromatic nitrogens is 1. The first kappa shape index (κ1) is 9.55. The highest BCUT2D eigenvalue weighted by molar-refractivity contribution is 6.32. The first-order valence-electron chi connectivity index (χ1n) is 3.91. The van der Waals surface area contributed by atoms with E-state index < -0.39 is 6.09 Å². The minimum absolute atomic E-state index is 0.194. The average molecular weight is 233 g/mol. The topological polar surface area (TPSA) is 51.2 Å². The van der Waals surface area contributed by atoms with E-state index in [4.69, 9.17) is 27.9 Å². The molecular formula is C8H6Cl2N2O2. The van der Waals surface area contributed by atoms with E-state index in [0.717, 1.165) is 5.56 Å². The molecule has 0 saturated carbocycles. The standard InChI is InChI=1S/C8H6Cl2N2O2/c9-6-1-4(2-7(10)12-6)5-3-14-8(13)11-5/h1-2,5H,3H2,(H,11,13). The fourth-order valence-electron chi connectivity index (χ4n) is 1.25. The molecule has 2 heterocycles. The fraction of sp³-hybridized carbons (Fsp3) is 0.250. The van der Waals surface area contributed by atoms with Gasteiger partial charge in [-0.1, -0.05) is 23.2 Å². The molecule has 1 atom stereocenters. The second-order valence-electron chi connectivity index (χ2n) is 2.84. The molecule has 0 bridgehead atoms. The number of pyridine rings is 1. The molecule has 6 heteroatoms. The van der Waals surface area contributed by atoms with Gasteiger partial charge in [-0.05, 0) is 17.7 Å². The second-order valence-corrected chi connectivity index (χ2v) is 3.62. The summed E-state index contributed by atoms with van der Waals surface area (Å²) in [4.78, 5) is 14.6. The van der Waals surface area contributed by atoms with Crippen LogP contribution in [0.4, 0.5) is 4.79 Å². The van der Waals surface area contributed by atoms with Crippen LogP contribution < -0.4 is 5.32 Å². The van der Waals surface area contributed by atoms with Crippen LogP contribution in [0.2, 0.25) is 10.3 Å². The molecule has 0 spiro atoms. The van der Waals surface area contributed by atoms with Crippen LogP contribution in [0.1, 0.15) is 11.6 Å². The van der Waals surface area contributed by atoms with Gasteiger partial charge in [0.2, 0.25) is 0 Å². The molecule has 1 fully saturated rings. The maximum Gasteiger partial charge on any atom is 0.407 e. The molecule has 1 aromatic rings. The number of amides is 1. The number of nitrogens with zero attached hydrogens (tertiary/aromatic N) is 1. The lowest BCUT2D eigenvalue weighted by Crippen LogP contribution is -2.18. The Kier molecular flexibility index (Phi) is 2.48. The van der Waals surface area contributed by atoms with Gasteiger partial charge in [0.05, 0.1) is 6.04 Å². The van der Waals surface area contributed by atoms with Gasteiger partial charge in [0.15, 0.2) is 0 Å². The van der Waals surface area contributed by atoms with Gasteiger partial charge in [0.1, 0.15) is 16.9 Å². The third-order valence-corrected chi connectivity index (χ3v) is 2.25. The van der Waals surface area contributed by atoms with Crippen molar-refractivity contribution in [1.82, 2.24) is 10.3 Å². The van der Waals surface area contributed by atoms with Crippen LogP contribution in [0.15, 0.2) is 12.1 Å². The number of carbonyl (C=O) groups is 1. The van der Waals surface area contributed by atoms with Crippen molar-refractivity contribution in [1.29, 1.82) is 0 Å². The zero-order valence-corrected chi connectivity index (χ0v) is 8.47. The van der Waals surface area contributed by atoms with Crippen molar-refractivity contribution >= 4 is 29.3 Å². The van der Waals surface area contributed by atoms with Crippen molar-refractivity contribution in [3.05, 3.63) is 28.0 Å². The first-order chi connectivity index (χ1) is 6.65. The summed E-state index contributed by atoms with van der Waals surface area (Å²) in [6.45, 7) is 0.287. The highest BCUT2D eigenvalue weighted by Gasteiger charge is 2.24. The SMILES string of the molecule is O=C1NC(c2cc(Cl)nc(Cl)c2)CO1. The summed E-state index contributed by atoms with van der Waals surface area (Å²) in [6, 6.07) is 3.10. The van der Waals surface area contributed by atoms with E-state index in [1.807, 2.05) is 0 Å². The van der Waals surface area contributed by atoms with E-state index >= 15 is 0 Å². The lowest BCUT2D eigenvalue weighted by Gasteiger charge is -2.07. The summed E-state index contributed by atoms with van der Waals surface area (Å²) in [6.07, 6.45) is -0.431. The molecule has 0 aromatic carbocycles. The van der Waals surface area contributed by atoms with Gasteiger partial charge < -0.3 is 10.1 Å². The van der Waals surface area contributed by atoms with E-state index in [2.05, 4.69) is 10.3 Å². The molecule has 1 aliphatic heterocycles. The highest BCUT2D eigenvalue weighted by atomic mass is 35.5. The summed E-state index contributed by atoms with van der Waals surface area (Å²) >= 11 is 11.4. The summed E-state index contributed by atoms with van der Waals surface area (Å²) in [5.74, 6) is 0. The number of carbonyl (C=O) groups excluding carboxylic acids is 1. The van der Waals surface area contributed by atoms with Gasteiger partial charge in [0, 0.05) is 0 Å². The third kappa shape index (κ3) is 1.91. The van der Waals surface area contributed by atoms with E-state index in [1.54, 1.807) is 12.1 Å². The van der Waals surface area contributed by atoms with Crippen LogP contribution in [0.25, 0.3) is 0 Å². The molecule has 1 N–H and O–H groups in total. The van der Waals surface area contributed by atoms with Gasteiger partial charge in [-0.25, -0.2) is 9.78 Å². The lowest BCUT2D eigenvalue weighted by atomic mass is 10.1. The molecule has 1 amide bonds. The van der Waals surface area contributed by atoms with Gasteiger partial charge in [-0.2, -0.15) is 0 Å². The molecule has 1 unspecified atom stereocenters. The zero-order chi connectivity index (χ0) is 10.1. The molecule has 1 saturated heterocycles. The maximum absolute atomic E-state index is 10.8. The molecule has 0 aliphatic carbocycles. The molecule has 14 heavy (non-hydrogen) atoms. The van der Waals surface area contributed by atoms with Crippen LogP contribution >= 0.6 is 23.2 Å². The largest absolute Gasteiger partial charge is 0.447 e. The number of halogens is 2. The minimum Gasteiger partial charge on any atom is -0.447 e. The number of alkyl carbamates (subject to hydrolysis) is 1. The van der Waals surface area contributed by atoms with Crippen LogP contribution in [0, 0.1) is 0 Å². The molecule has 1 aromatic heterocycles. The van der Waals surface area contributed by atoms with Crippen molar-refractivity contribution < 1.29 is 9.53 Å². The lowest BCUT2D eigenvalue weighted by molar-refractivity contribution is 0.177. The number of cyclic esters (lactones) is 1. The number of nitrogens with one attached hydrogen (secondary N) is 1. The summed E-state index contributed by atoms with van der Waals surface area (Å²) in [7, 11) is 0. The molecule has 2 rings (SSSR count). The Balaban J connectivity index is 2.27. The molecular weight excluding hydrogens is 227 g/mol. The molecule has 0 radical (unpaired) electrons. The van der Waals surface area contributed by atoms with Crippen molar-refractivity contribution in [2.24, 2.45) is 0 Å². The Morgan fingerprint density at radius 3 is 2.57 bits per heavy atom. The molecule has 4 nitrogen and oxygen atoms in total. The predicted octanol–water partition coefficient (Wildman–Crippen LogP) is 2.17. The second kappa shape index (κ2) is 3.63. The van der Waals surface area contributed by atoms with Crippen LogP contribution in [0.3, 0.4) is 0 Å². The average Bonchev–Trinajstić information content (AvgIpc) is 2.50. The van der Waals surface area contributed by atoms with Crippen molar-refractivity contribution in [2.45, 2.75) is 6.04 Å². The van der Waals surface area contributed by atoms with E-state index in [-0.39, 0.29) is 12.6 Å². The smallest absolute Gasteiger partial charge is 0.407 e. The van der Waals surface area contributed by atoms with Crippen LogP contribution in [-0.4, -0.2) is 17.7 Å². The summed E-state index contributed by atoms with van der Waals surface area (Å²) in [5.41, 5.74) is 0.792. The minimum atomic E-state index is -0.431. The van der Waals surface area contributed by atoms with E-state index in [1.165, 1.54) is 0 Å². The first-order valence-corrected chi connectivity index (χ1v) is 4.67. The Morgan fingerprint density at radius 2 is 2.07 bits per heavy atom. The molecule has 1 aliphatic rings. The number of ether oxygens (including phenoxy) is 1. The van der Waals surface area contributed by atoms with Gasteiger partial charge in [-0.3, -0.25) is 0 Å². The highest BCUT2D eigenvalue weighted by Crippen LogP contribution is 2.23. The van der Waals surface area contributed by atoms with E-state index in [0.29, 0.717) is 10.3 Å². The Labute approximate surface area is 90.2 Å². The number of rotatable bonds is 1. The number of hydrogen-bond donors (Lipinski definition) is 1. The number of hydrogen-bond acceptors (Lipinski definition) is 3. The Hall–Kier alpha value is -1.00. The Bertz CT molecular complexity index is 363. The molecule has 74 valence electrons. The monoisotopic (exact) mass is 232 g/mol. The zero-order valence-electron chi connectivity index (χ0n) is 6.96. The van der Waals surface area contributed by atoms with Crippen LogP contribution in [-0.2, 0) is 4.74 Å². The van der Waals surface area contributed by atoms with E-state index in [9.17, 15) is 4.79 Å². The quantitative estimate of drug-likeness (QED) is 0.756. The van der Waals surface area contributed by atoms with Crippen molar-refractivity contribution in [3.63, 3.8) is 0 Å². The van der Waals surface area contributed by atoms with Crippen LogP contribution in [0.5, 0.6) is 0 Å². The van der Waals surface area contributed by atoms with Gasteiger partial charge >= 0.3 is 6.09 Å². The van der Waals surface area contributed by atoms with Gasteiger partial charge in [-0.15, -0.1) is 0 Å². The van der Waals surface area contributed by atoms with Crippen molar-refractivity contribution in [2.75, 3.05) is 6.61 Å².